The lowest BCUT2D eigenvalue weighted by Crippen LogP contribution is -2.60. The summed E-state index contributed by atoms with van der Waals surface area (Å²) in [5.74, 6) is 0.455. The van der Waals surface area contributed by atoms with Crippen molar-refractivity contribution in [1.82, 2.24) is 0 Å². The van der Waals surface area contributed by atoms with Crippen molar-refractivity contribution >= 4 is 0 Å². The SMILES string of the molecule is C[C@@]12CC3CC(O)(CC(F)(C3)C1)C2. The molecule has 74 valence electrons. The first kappa shape index (κ1) is 8.22. The van der Waals surface area contributed by atoms with E-state index in [1.54, 1.807) is 0 Å². The molecule has 4 aliphatic rings. The number of halogens is 1. The average molecular weight is 184 g/mol. The molecule has 4 saturated carbocycles. The Morgan fingerprint density at radius 1 is 1.15 bits per heavy atom. The molecular formula is C11H17FO. The van der Waals surface area contributed by atoms with E-state index in [-0.39, 0.29) is 5.41 Å². The third-order valence-electron chi connectivity index (χ3n) is 4.25. The quantitative estimate of drug-likeness (QED) is 0.613. The fraction of sp³-hybridized carbons (Fsp3) is 1.00. The minimum Gasteiger partial charge on any atom is -0.390 e. The van der Waals surface area contributed by atoms with Crippen LogP contribution >= 0.6 is 0 Å². The maximum Gasteiger partial charge on any atom is 0.114 e. The number of alkyl halides is 1. The van der Waals surface area contributed by atoms with Gasteiger partial charge in [-0.05, 0) is 43.4 Å². The normalized spacial score (nSPS) is 64.4. The molecule has 0 heterocycles. The van der Waals surface area contributed by atoms with Crippen molar-refractivity contribution < 1.29 is 9.50 Å². The molecule has 0 spiro atoms. The van der Waals surface area contributed by atoms with Crippen LogP contribution < -0.4 is 0 Å². The summed E-state index contributed by atoms with van der Waals surface area (Å²) in [7, 11) is 0. The molecule has 4 fully saturated rings. The molecule has 1 nitrogen and oxygen atoms in total. The first-order chi connectivity index (χ1) is 5.91. The second-order valence-corrected chi connectivity index (χ2v) is 6.19. The lowest BCUT2D eigenvalue weighted by molar-refractivity contribution is -0.199. The van der Waals surface area contributed by atoms with Gasteiger partial charge in [-0.25, -0.2) is 4.39 Å². The molecule has 0 aromatic carbocycles. The van der Waals surface area contributed by atoms with Crippen molar-refractivity contribution in [1.29, 1.82) is 0 Å². The lowest BCUT2D eigenvalue weighted by atomic mass is 9.47. The fourth-order valence-electron chi connectivity index (χ4n) is 4.74. The van der Waals surface area contributed by atoms with Crippen molar-refractivity contribution in [3.63, 3.8) is 0 Å². The summed E-state index contributed by atoms with van der Waals surface area (Å²) < 4.78 is 14.2. The van der Waals surface area contributed by atoms with E-state index in [2.05, 4.69) is 6.92 Å². The van der Waals surface area contributed by atoms with E-state index in [1.165, 1.54) is 0 Å². The largest absolute Gasteiger partial charge is 0.390 e. The Kier molecular flexibility index (Phi) is 1.23. The minimum atomic E-state index is -1.02. The van der Waals surface area contributed by atoms with Crippen LogP contribution in [0, 0.1) is 11.3 Å². The predicted molar refractivity (Wildman–Crippen MR) is 48.1 cm³/mol. The molecule has 4 rings (SSSR count). The van der Waals surface area contributed by atoms with Crippen molar-refractivity contribution in [2.45, 2.75) is 56.7 Å². The molecule has 2 heteroatoms. The van der Waals surface area contributed by atoms with E-state index >= 15 is 0 Å². The molecule has 0 radical (unpaired) electrons. The highest BCUT2D eigenvalue weighted by Crippen LogP contribution is 2.64. The van der Waals surface area contributed by atoms with Gasteiger partial charge in [0.2, 0.25) is 0 Å². The summed E-state index contributed by atoms with van der Waals surface area (Å²) in [6, 6.07) is 0. The summed E-state index contributed by atoms with van der Waals surface area (Å²) in [5.41, 5.74) is -1.57. The smallest absolute Gasteiger partial charge is 0.114 e. The zero-order valence-corrected chi connectivity index (χ0v) is 8.15. The van der Waals surface area contributed by atoms with Gasteiger partial charge in [-0.2, -0.15) is 0 Å². The van der Waals surface area contributed by atoms with Crippen LogP contribution in [0.5, 0.6) is 0 Å². The molecule has 3 unspecified atom stereocenters. The van der Waals surface area contributed by atoms with Gasteiger partial charge in [-0.15, -0.1) is 0 Å². The van der Waals surface area contributed by atoms with Gasteiger partial charge >= 0.3 is 0 Å². The molecule has 4 bridgehead atoms. The van der Waals surface area contributed by atoms with Gasteiger partial charge in [-0.1, -0.05) is 6.92 Å². The second-order valence-electron chi connectivity index (χ2n) is 6.19. The Labute approximate surface area is 78.3 Å². The lowest BCUT2D eigenvalue weighted by Gasteiger charge is -2.61. The van der Waals surface area contributed by atoms with Crippen molar-refractivity contribution in [3.8, 4) is 0 Å². The van der Waals surface area contributed by atoms with Crippen LogP contribution in [0.3, 0.4) is 0 Å². The van der Waals surface area contributed by atoms with E-state index in [1.807, 2.05) is 0 Å². The monoisotopic (exact) mass is 184 g/mol. The van der Waals surface area contributed by atoms with Crippen LogP contribution in [0.2, 0.25) is 0 Å². The number of rotatable bonds is 0. The maximum atomic E-state index is 14.2. The highest BCUT2D eigenvalue weighted by molar-refractivity contribution is 5.13. The van der Waals surface area contributed by atoms with Crippen molar-refractivity contribution in [3.05, 3.63) is 0 Å². The average Bonchev–Trinajstić information content (AvgIpc) is 1.71. The standard InChI is InChI=1S/C11H17FO/c1-9-2-8-3-10(12,5-9)7-11(13,4-8)6-9/h8,13H,2-7H2,1H3/t8?,9-,10?,11?/m1/s1. The third-order valence-corrected chi connectivity index (χ3v) is 4.25. The second kappa shape index (κ2) is 1.95. The minimum absolute atomic E-state index is 0.100. The van der Waals surface area contributed by atoms with Gasteiger partial charge in [0, 0.05) is 6.42 Å². The van der Waals surface area contributed by atoms with E-state index in [4.69, 9.17) is 0 Å². The predicted octanol–water partition coefficient (Wildman–Crippen LogP) is 2.43. The molecule has 0 amide bonds. The van der Waals surface area contributed by atoms with Crippen LogP contribution in [0.4, 0.5) is 4.39 Å². The highest BCUT2D eigenvalue weighted by atomic mass is 19.1. The molecule has 4 atom stereocenters. The summed E-state index contributed by atoms with van der Waals surface area (Å²) >= 11 is 0. The number of hydrogen-bond donors (Lipinski definition) is 1. The van der Waals surface area contributed by atoms with Crippen LogP contribution in [-0.4, -0.2) is 16.4 Å². The van der Waals surface area contributed by atoms with Gasteiger partial charge in [0.15, 0.2) is 0 Å². The summed E-state index contributed by atoms with van der Waals surface area (Å²) in [6.07, 6.45) is 4.65. The van der Waals surface area contributed by atoms with Gasteiger partial charge in [0.25, 0.3) is 0 Å². The van der Waals surface area contributed by atoms with E-state index in [9.17, 15) is 9.50 Å². The Bertz CT molecular complexity index is 212. The zero-order valence-electron chi connectivity index (χ0n) is 8.15. The zero-order chi connectivity index (χ0) is 9.32. The van der Waals surface area contributed by atoms with Crippen molar-refractivity contribution in [2.24, 2.45) is 11.3 Å². The first-order valence-electron chi connectivity index (χ1n) is 5.32. The van der Waals surface area contributed by atoms with Gasteiger partial charge < -0.3 is 5.11 Å². The van der Waals surface area contributed by atoms with Gasteiger partial charge in [-0.3, -0.25) is 0 Å². The Hall–Kier alpha value is -0.110. The van der Waals surface area contributed by atoms with Crippen LogP contribution in [0.15, 0.2) is 0 Å². The van der Waals surface area contributed by atoms with Gasteiger partial charge in [0.1, 0.15) is 5.67 Å². The first-order valence-corrected chi connectivity index (χ1v) is 5.32. The molecule has 0 saturated heterocycles. The van der Waals surface area contributed by atoms with E-state index in [0.29, 0.717) is 25.2 Å². The Morgan fingerprint density at radius 3 is 2.46 bits per heavy atom. The summed E-state index contributed by atoms with van der Waals surface area (Å²) in [5, 5.41) is 10.2. The third kappa shape index (κ3) is 1.08. The molecule has 0 aliphatic heterocycles. The van der Waals surface area contributed by atoms with Crippen molar-refractivity contribution in [2.75, 3.05) is 0 Å². The number of aliphatic hydroxyl groups is 1. The fourth-order valence-corrected chi connectivity index (χ4v) is 4.74. The Morgan fingerprint density at radius 2 is 1.92 bits per heavy atom. The maximum absolute atomic E-state index is 14.2. The molecule has 13 heavy (non-hydrogen) atoms. The molecule has 1 N–H and O–H groups in total. The summed E-state index contributed by atoms with van der Waals surface area (Å²) in [4.78, 5) is 0. The van der Waals surface area contributed by atoms with Crippen LogP contribution in [-0.2, 0) is 0 Å². The van der Waals surface area contributed by atoms with Crippen LogP contribution in [0.1, 0.15) is 45.4 Å². The topological polar surface area (TPSA) is 20.2 Å². The summed E-state index contributed by atoms with van der Waals surface area (Å²) in [6.45, 7) is 2.15. The molecule has 0 aromatic heterocycles. The van der Waals surface area contributed by atoms with E-state index in [0.717, 1.165) is 19.3 Å². The van der Waals surface area contributed by atoms with E-state index < -0.39 is 11.3 Å². The molecule has 0 aromatic rings. The molecular weight excluding hydrogens is 167 g/mol. The number of hydrogen-bond acceptors (Lipinski definition) is 1. The molecule has 4 aliphatic carbocycles. The Balaban J connectivity index is 2.03. The highest BCUT2D eigenvalue weighted by Gasteiger charge is 2.61. The van der Waals surface area contributed by atoms with Crippen LogP contribution in [0.25, 0.3) is 0 Å². The van der Waals surface area contributed by atoms with Gasteiger partial charge in [0.05, 0.1) is 5.60 Å².